The molecule has 36 heavy (non-hydrogen) atoms. The van der Waals surface area contributed by atoms with E-state index < -0.39 is 0 Å². The first kappa shape index (κ1) is 19.5. The molecule has 2 heterocycles. The van der Waals surface area contributed by atoms with E-state index in [1.165, 1.54) is 22.1 Å². The minimum absolute atomic E-state index is 0.898. The molecule has 1 aliphatic rings. The molecule has 0 saturated carbocycles. The van der Waals surface area contributed by atoms with Crippen LogP contribution in [0.4, 0.5) is 0 Å². The molecular weight excluding hydrogens is 440 g/mol. The molecule has 0 saturated heterocycles. The zero-order chi connectivity index (χ0) is 23.6. The molecule has 6 aromatic carbocycles. The number of fused-ring (bicyclic) bond motifs is 5. The van der Waals surface area contributed by atoms with E-state index >= 15 is 0 Å². The molecule has 0 unspecified atom stereocenters. The van der Waals surface area contributed by atoms with E-state index in [2.05, 4.69) is 97.1 Å². The Labute approximate surface area is 208 Å². The van der Waals surface area contributed by atoms with E-state index in [4.69, 9.17) is 9.15 Å². The van der Waals surface area contributed by atoms with Gasteiger partial charge in [0.15, 0.2) is 0 Å². The van der Waals surface area contributed by atoms with Crippen LogP contribution in [0.3, 0.4) is 0 Å². The Morgan fingerprint density at radius 3 is 2.08 bits per heavy atom. The first-order valence-corrected chi connectivity index (χ1v) is 12.2. The summed E-state index contributed by atoms with van der Waals surface area (Å²) in [6.07, 6.45) is 0. The number of hydrogen-bond acceptors (Lipinski definition) is 2. The minimum atomic E-state index is 0.898. The Hall–Kier alpha value is -4.82. The van der Waals surface area contributed by atoms with Crippen LogP contribution in [0.25, 0.3) is 66.1 Å². The molecule has 0 radical (unpaired) electrons. The highest BCUT2D eigenvalue weighted by molar-refractivity contribution is 6.11. The van der Waals surface area contributed by atoms with Gasteiger partial charge in [-0.25, -0.2) is 0 Å². The smallest absolute Gasteiger partial charge is 0.143 e. The van der Waals surface area contributed by atoms with Crippen molar-refractivity contribution in [3.63, 3.8) is 0 Å². The first-order chi connectivity index (χ1) is 17.8. The van der Waals surface area contributed by atoms with Crippen molar-refractivity contribution in [3.05, 3.63) is 121 Å². The summed E-state index contributed by atoms with van der Waals surface area (Å²) in [5.74, 6) is 1.81. The molecule has 0 N–H and O–H groups in total. The topological polar surface area (TPSA) is 22.4 Å². The van der Waals surface area contributed by atoms with Crippen molar-refractivity contribution in [1.29, 1.82) is 0 Å². The highest BCUT2D eigenvalue weighted by atomic mass is 16.5. The molecule has 0 aliphatic carbocycles. The van der Waals surface area contributed by atoms with Crippen molar-refractivity contribution in [1.82, 2.24) is 0 Å². The molecule has 0 bridgehead atoms. The van der Waals surface area contributed by atoms with E-state index in [0.29, 0.717) is 0 Å². The van der Waals surface area contributed by atoms with Gasteiger partial charge >= 0.3 is 0 Å². The van der Waals surface area contributed by atoms with Crippen molar-refractivity contribution < 1.29 is 9.15 Å². The van der Waals surface area contributed by atoms with E-state index in [-0.39, 0.29) is 0 Å². The van der Waals surface area contributed by atoms with E-state index in [1.54, 1.807) is 0 Å². The molecule has 0 spiro atoms. The van der Waals surface area contributed by atoms with Gasteiger partial charge in [0.1, 0.15) is 22.7 Å². The van der Waals surface area contributed by atoms with Crippen LogP contribution in [0.5, 0.6) is 11.5 Å². The first-order valence-electron chi connectivity index (χ1n) is 12.2. The van der Waals surface area contributed by atoms with Crippen LogP contribution in [0.2, 0.25) is 0 Å². The Morgan fingerprint density at radius 1 is 0.444 bits per heavy atom. The zero-order valence-corrected chi connectivity index (χ0v) is 19.4. The van der Waals surface area contributed by atoms with Gasteiger partial charge in [-0.2, -0.15) is 0 Å². The highest BCUT2D eigenvalue weighted by Gasteiger charge is 2.22. The third-order valence-corrected chi connectivity index (χ3v) is 7.27. The lowest BCUT2D eigenvalue weighted by Gasteiger charge is -2.22. The summed E-state index contributed by atoms with van der Waals surface area (Å²) >= 11 is 0. The number of hydrogen-bond donors (Lipinski definition) is 0. The van der Waals surface area contributed by atoms with Crippen LogP contribution in [-0.2, 0) is 0 Å². The van der Waals surface area contributed by atoms with E-state index in [1.807, 2.05) is 24.3 Å². The molecule has 168 valence electrons. The Kier molecular flexibility index (Phi) is 3.97. The van der Waals surface area contributed by atoms with Gasteiger partial charge in [0.2, 0.25) is 0 Å². The molecule has 7 aromatic rings. The average molecular weight is 461 g/mol. The maximum atomic E-state index is 6.40. The second-order valence-corrected chi connectivity index (χ2v) is 9.30. The number of benzene rings is 6. The van der Waals surface area contributed by atoms with Crippen molar-refractivity contribution >= 4 is 32.7 Å². The number of rotatable bonds is 2. The molecule has 1 aromatic heterocycles. The maximum absolute atomic E-state index is 6.40. The van der Waals surface area contributed by atoms with Gasteiger partial charge in [0.05, 0.1) is 0 Å². The number of para-hydroxylation sites is 3. The second-order valence-electron chi connectivity index (χ2n) is 9.30. The van der Waals surface area contributed by atoms with Gasteiger partial charge in [-0.3, -0.25) is 0 Å². The van der Waals surface area contributed by atoms with Crippen LogP contribution in [0, 0.1) is 0 Å². The molecule has 2 heteroatoms. The predicted octanol–water partition coefficient (Wildman–Crippen LogP) is 9.85. The van der Waals surface area contributed by atoms with Crippen molar-refractivity contribution in [2.75, 3.05) is 0 Å². The van der Waals surface area contributed by atoms with E-state index in [0.717, 1.165) is 55.5 Å². The third kappa shape index (κ3) is 2.73. The largest absolute Gasteiger partial charge is 0.456 e. The van der Waals surface area contributed by atoms with Gasteiger partial charge in [-0.1, -0.05) is 91.0 Å². The van der Waals surface area contributed by atoms with Crippen molar-refractivity contribution in [3.8, 4) is 44.9 Å². The van der Waals surface area contributed by atoms with Gasteiger partial charge in [0, 0.05) is 27.3 Å². The van der Waals surface area contributed by atoms with Gasteiger partial charge in [0.25, 0.3) is 0 Å². The lowest BCUT2D eigenvalue weighted by molar-refractivity contribution is 0.487. The average Bonchev–Trinajstić information content (AvgIpc) is 3.32. The molecule has 1 aliphatic heterocycles. The molecule has 0 fully saturated rings. The number of ether oxygens (including phenoxy) is 1. The summed E-state index contributed by atoms with van der Waals surface area (Å²) in [6.45, 7) is 0. The molecule has 0 atom stereocenters. The van der Waals surface area contributed by atoms with Gasteiger partial charge in [-0.15, -0.1) is 0 Å². The summed E-state index contributed by atoms with van der Waals surface area (Å²) < 4.78 is 12.7. The third-order valence-electron chi connectivity index (χ3n) is 7.27. The van der Waals surface area contributed by atoms with E-state index in [9.17, 15) is 0 Å². The lowest BCUT2D eigenvalue weighted by Crippen LogP contribution is -1.97. The number of furan rings is 1. The zero-order valence-electron chi connectivity index (χ0n) is 19.4. The van der Waals surface area contributed by atoms with Crippen LogP contribution in [0.1, 0.15) is 0 Å². The van der Waals surface area contributed by atoms with Crippen LogP contribution in [0.15, 0.2) is 126 Å². The fourth-order valence-electron chi connectivity index (χ4n) is 5.67. The normalized spacial score (nSPS) is 12.1. The standard InChI is InChI=1S/C34H20O2/c1-2-11-24(27-14-8-15-28-25-12-3-6-17-31(25)36-34(27)28)23(10-1)22-19-21-9-7-18-32-33(21)29(20-22)26-13-4-5-16-30(26)35-32/h1-20H. The Bertz CT molecular complexity index is 1980. The predicted molar refractivity (Wildman–Crippen MR) is 148 cm³/mol. The summed E-state index contributed by atoms with van der Waals surface area (Å²) in [6, 6.07) is 42.5. The molecule has 0 amide bonds. The fourth-order valence-corrected chi connectivity index (χ4v) is 5.67. The van der Waals surface area contributed by atoms with Gasteiger partial charge in [-0.05, 0) is 58.0 Å². The minimum Gasteiger partial charge on any atom is -0.456 e. The molecule has 8 rings (SSSR count). The lowest BCUT2D eigenvalue weighted by atomic mass is 9.88. The summed E-state index contributed by atoms with van der Waals surface area (Å²) in [5, 5.41) is 4.62. The summed E-state index contributed by atoms with van der Waals surface area (Å²) in [7, 11) is 0. The van der Waals surface area contributed by atoms with Crippen LogP contribution < -0.4 is 4.74 Å². The second kappa shape index (κ2) is 7.34. The van der Waals surface area contributed by atoms with Crippen molar-refractivity contribution in [2.24, 2.45) is 0 Å². The van der Waals surface area contributed by atoms with Gasteiger partial charge < -0.3 is 9.15 Å². The Balaban J connectivity index is 1.41. The molecular formula is C34H20O2. The molecule has 2 nitrogen and oxygen atoms in total. The summed E-state index contributed by atoms with van der Waals surface area (Å²) in [5.41, 5.74) is 8.78. The Morgan fingerprint density at radius 2 is 1.14 bits per heavy atom. The quantitative estimate of drug-likeness (QED) is 0.256. The monoisotopic (exact) mass is 460 g/mol. The SMILES string of the molecule is c1ccc2c(c1)Oc1cccc3cc(-c4ccccc4-c4cccc5c4oc4ccccc45)cc-2c13. The van der Waals surface area contributed by atoms with Crippen LogP contribution >= 0.6 is 0 Å². The highest BCUT2D eigenvalue weighted by Crippen LogP contribution is 2.49. The maximum Gasteiger partial charge on any atom is 0.143 e. The fraction of sp³-hybridized carbons (Fsp3) is 0. The van der Waals surface area contributed by atoms with Crippen LogP contribution in [-0.4, -0.2) is 0 Å². The summed E-state index contributed by atoms with van der Waals surface area (Å²) in [4.78, 5) is 0. The van der Waals surface area contributed by atoms with Crippen molar-refractivity contribution in [2.45, 2.75) is 0 Å².